The van der Waals surface area contributed by atoms with Crippen LogP contribution in [0.1, 0.15) is 58.8 Å². The van der Waals surface area contributed by atoms with Crippen LogP contribution in [-0.4, -0.2) is 37.9 Å². The van der Waals surface area contributed by atoms with E-state index in [1.54, 1.807) is 0 Å². The molecule has 0 radical (unpaired) electrons. The summed E-state index contributed by atoms with van der Waals surface area (Å²) in [6.07, 6.45) is 7.82. The van der Waals surface area contributed by atoms with Crippen molar-refractivity contribution in [3.05, 3.63) is 0 Å². The van der Waals surface area contributed by atoms with Crippen molar-refractivity contribution in [2.24, 2.45) is 11.8 Å². The van der Waals surface area contributed by atoms with Gasteiger partial charge < -0.3 is 9.47 Å². The zero-order valence-electron chi connectivity index (χ0n) is 13.8. The highest BCUT2D eigenvalue weighted by Gasteiger charge is 2.43. The molecule has 21 heavy (non-hydrogen) atoms. The van der Waals surface area contributed by atoms with Gasteiger partial charge in [-0.15, -0.1) is 0 Å². The number of hydrogen-bond acceptors (Lipinski definition) is 4. The van der Waals surface area contributed by atoms with E-state index < -0.39 is 5.54 Å². The zero-order chi connectivity index (χ0) is 15.3. The smallest absolute Gasteiger partial charge is 0.326 e. The minimum absolute atomic E-state index is 0.0889. The Morgan fingerprint density at radius 2 is 2.19 bits per heavy atom. The first-order valence-electron chi connectivity index (χ1n) is 8.51. The van der Waals surface area contributed by atoms with E-state index in [2.05, 4.69) is 19.2 Å². The third-order valence-corrected chi connectivity index (χ3v) is 4.93. The highest BCUT2D eigenvalue weighted by atomic mass is 16.5. The Balaban J connectivity index is 1.99. The molecule has 0 spiro atoms. The van der Waals surface area contributed by atoms with E-state index in [1.165, 1.54) is 20.0 Å². The van der Waals surface area contributed by atoms with Gasteiger partial charge in [-0.1, -0.05) is 26.7 Å². The van der Waals surface area contributed by atoms with Gasteiger partial charge in [-0.2, -0.15) is 0 Å². The van der Waals surface area contributed by atoms with Crippen LogP contribution in [0.3, 0.4) is 0 Å². The van der Waals surface area contributed by atoms with Gasteiger partial charge in [-0.25, -0.2) is 0 Å². The van der Waals surface area contributed by atoms with E-state index in [0.717, 1.165) is 45.3 Å². The minimum Gasteiger partial charge on any atom is -0.468 e. The Morgan fingerprint density at radius 1 is 1.38 bits per heavy atom. The molecule has 0 bridgehead atoms. The number of hydrogen-bond donors (Lipinski definition) is 1. The fourth-order valence-corrected chi connectivity index (χ4v) is 3.99. The molecule has 0 amide bonds. The van der Waals surface area contributed by atoms with Crippen molar-refractivity contribution in [2.75, 3.05) is 20.3 Å². The van der Waals surface area contributed by atoms with Gasteiger partial charge in [0.25, 0.3) is 0 Å². The van der Waals surface area contributed by atoms with E-state index in [1.807, 2.05) is 0 Å². The van der Waals surface area contributed by atoms with Crippen molar-refractivity contribution in [1.82, 2.24) is 5.32 Å². The quantitative estimate of drug-likeness (QED) is 0.766. The molecule has 2 aliphatic rings. The van der Waals surface area contributed by atoms with Crippen molar-refractivity contribution in [3.8, 4) is 0 Å². The molecule has 1 aliphatic heterocycles. The molecule has 1 saturated carbocycles. The predicted octanol–water partition coefficient (Wildman–Crippen LogP) is 2.90. The Hall–Kier alpha value is -0.610. The molecular formula is C17H31NO3. The first-order valence-corrected chi connectivity index (χ1v) is 8.51. The molecule has 4 heteroatoms. The second-order valence-electron chi connectivity index (χ2n) is 7.18. The van der Waals surface area contributed by atoms with Crippen LogP contribution in [0.2, 0.25) is 0 Å². The number of nitrogens with one attached hydrogen (secondary N) is 1. The van der Waals surface area contributed by atoms with Crippen LogP contribution in [0.5, 0.6) is 0 Å². The third kappa shape index (κ3) is 4.43. The molecule has 1 saturated heterocycles. The van der Waals surface area contributed by atoms with Gasteiger partial charge in [0.1, 0.15) is 5.54 Å². The van der Waals surface area contributed by atoms with Crippen LogP contribution in [0.15, 0.2) is 0 Å². The van der Waals surface area contributed by atoms with Gasteiger partial charge in [0.05, 0.1) is 13.2 Å². The second kappa shape index (κ2) is 7.59. The molecule has 0 aromatic rings. The van der Waals surface area contributed by atoms with Gasteiger partial charge in [0.15, 0.2) is 0 Å². The third-order valence-electron chi connectivity index (χ3n) is 4.93. The summed E-state index contributed by atoms with van der Waals surface area (Å²) in [6.45, 7) is 6.14. The molecule has 0 aromatic heterocycles. The maximum absolute atomic E-state index is 12.4. The molecule has 3 unspecified atom stereocenters. The van der Waals surface area contributed by atoms with Crippen molar-refractivity contribution in [2.45, 2.75) is 70.4 Å². The summed E-state index contributed by atoms with van der Waals surface area (Å²) >= 11 is 0. The molecule has 122 valence electrons. The van der Waals surface area contributed by atoms with Crippen molar-refractivity contribution < 1.29 is 14.3 Å². The van der Waals surface area contributed by atoms with E-state index in [4.69, 9.17) is 9.47 Å². The summed E-state index contributed by atoms with van der Waals surface area (Å²) in [7, 11) is 1.50. The Bertz CT molecular complexity index is 339. The number of carbonyl (C=O) groups is 1. The van der Waals surface area contributed by atoms with Crippen LogP contribution in [-0.2, 0) is 14.3 Å². The van der Waals surface area contributed by atoms with Crippen LogP contribution >= 0.6 is 0 Å². The summed E-state index contributed by atoms with van der Waals surface area (Å²) < 4.78 is 10.8. The molecule has 0 aromatic carbocycles. The molecule has 1 heterocycles. The lowest BCUT2D eigenvalue weighted by atomic mass is 9.73. The van der Waals surface area contributed by atoms with Crippen LogP contribution < -0.4 is 5.32 Å². The molecule has 1 N–H and O–H groups in total. The maximum Gasteiger partial charge on any atom is 0.326 e. The lowest BCUT2D eigenvalue weighted by Gasteiger charge is -2.40. The van der Waals surface area contributed by atoms with Crippen molar-refractivity contribution >= 4 is 5.97 Å². The van der Waals surface area contributed by atoms with Crippen LogP contribution in [0.25, 0.3) is 0 Å². The average molecular weight is 297 g/mol. The first-order chi connectivity index (χ1) is 10.1. The summed E-state index contributed by atoms with van der Waals surface area (Å²) in [6, 6.07) is 0. The molecule has 2 rings (SSSR count). The number of ether oxygens (including phenoxy) is 2. The second-order valence-corrected chi connectivity index (χ2v) is 7.18. The van der Waals surface area contributed by atoms with Crippen molar-refractivity contribution in [3.63, 3.8) is 0 Å². The van der Waals surface area contributed by atoms with Crippen molar-refractivity contribution in [1.29, 1.82) is 0 Å². The fraction of sp³-hybridized carbons (Fsp3) is 0.941. The highest BCUT2D eigenvalue weighted by molar-refractivity contribution is 5.81. The average Bonchev–Trinajstić information content (AvgIpc) is 2.97. The van der Waals surface area contributed by atoms with Crippen LogP contribution in [0, 0.1) is 11.8 Å². The van der Waals surface area contributed by atoms with Gasteiger partial charge in [-0.05, 0) is 43.9 Å². The summed E-state index contributed by atoms with van der Waals surface area (Å²) in [5.41, 5.74) is -0.488. The van der Waals surface area contributed by atoms with Gasteiger partial charge in [0.2, 0.25) is 0 Å². The summed E-state index contributed by atoms with van der Waals surface area (Å²) in [5, 5.41) is 3.53. The van der Waals surface area contributed by atoms with Crippen LogP contribution in [0.4, 0.5) is 0 Å². The normalized spacial score (nSPS) is 33.3. The number of methoxy groups -OCH3 is 1. The Labute approximate surface area is 129 Å². The molecule has 2 fully saturated rings. The number of rotatable bonds is 6. The summed E-state index contributed by atoms with van der Waals surface area (Å²) in [4.78, 5) is 12.4. The minimum atomic E-state index is -0.488. The predicted molar refractivity (Wildman–Crippen MR) is 83.1 cm³/mol. The lowest BCUT2D eigenvalue weighted by molar-refractivity contribution is -0.151. The molecule has 3 atom stereocenters. The maximum atomic E-state index is 12.4. The van der Waals surface area contributed by atoms with Gasteiger partial charge in [0, 0.05) is 13.2 Å². The fourth-order valence-electron chi connectivity index (χ4n) is 3.99. The number of carbonyl (C=O) groups excluding carboxylic acids is 1. The summed E-state index contributed by atoms with van der Waals surface area (Å²) in [5.74, 6) is 1.21. The number of esters is 1. The standard InChI is InChI=1S/C17H31NO3/c1-13(2)10-14-6-4-8-17(11-14,16(19)20-3)18-12-15-7-5-9-21-15/h13-15,18H,4-12H2,1-3H3. The molecule has 4 nitrogen and oxygen atoms in total. The molecular weight excluding hydrogens is 266 g/mol. The molecule has 1 aliphatic carbocycles. The van der Waals surface area contributed by atoms with Gasteiger partial charge >= 0.3 is 5.97 Å². The van der Waals surface area contributed by atoms with E-state index in [9.17, 15) is 4.79 Å². The Kier molecular flexibility index (Phi) is 6.06. The zero-order valence-corrected chi connectivity index (χ0v) is 13.8. The largest absolute Gasteiger partial charge is 0.468 e. The SMILES string of the molecule is COC(=O)C1(NCC2CCCO2)CCCC(CC(C)C)C1. The monoisotopic (exact) mass is 297 g/mol. The first kappa shape index (κ1) is 16.8. The van der Waals surface area contributed by atoms with E-state index >= 15 is 0 Å². The van der Waals surface area contributed by atoms with E-state index in [-0.39, 0.29) is 12.1 Å². The topological polar surface area (TPSA) is 47.6 Å². The highest BCUT2D eigenvalue weighted by Crippen LogP contribution is 2.36. The Morgan fingerprint density at radius 3 is 2.81 bits per heavy atom. The lowest BCUT2D eigenvalue weighted by Crippen LogP contribution is -2.57. The van der Waals surface area contributed by atoms with E-state index in [0.29, 0.717) is 11.8 Å². The van der Waals surface area contributed by atoms with Gasteiger partial charge in [-0.3, -0.25) is 10.1 Å².